The predicted octanol–water partition coefficient (Wildman–Crippen LogP) is 2.11. The van der Waals surface area contributed by atoms with E-state index >= 15 is 0 Å². The van der Waals surface area contributed by atoms with Gasteiger partial charge in [0.15, 0.2) is 5.76 Å². The molecule has 0 aliphatic carbocycles. The number of carbonyl (C=O) groups is 3. The van der Waals surface area contributed by atoms with Gasteiger partial charge in [-0.2, -0.15) is 0 Å². The summed E-state index contributed by atoms with van der Waals surface area (Å²) in [4.78, 5) is 38.5. The minimum atomic E-state index is -0.720. The Labute approximate surface area is 168 Å². The van der Waals surface area contributed by atoms with Crippen LogP contribution in [0.4, 0.5) is 11.4 Å². The standard InChI is InChI=1S/C21H23N3O5/c25-19(22-13-16-5-2-10-28-16)20(26)23-15-7-8-17-14(12-15)4-1-9-24(17)21(27)18-6-3-11-29-18/h3,6-8,11-12,16H,1-2,4-5,9-10,13H2,(H,22,25)(H,23,26)/t16-/m0/s1. The van der Waals surface area contributed by atoms with E-state index in [1.165, 1.54) is 6.26 Å². The van der Waals surface area contributed by atoms with E-state index < -0.39 is 11.8 Å². The highest BCUT2D eigenvalue weighted by molar-refractivity contribution is 6.39. The lowest BCUT2D eigenvalue weighted by Crippen LogP contribution is -2.39. The Morgan fingerprint density at radius 2 is 2.03 bits per heavy atom. The fraction of sp³-hybridized carbons (Fsp3) is 0.381. The van der Waals surface area contributed by atoms with Crippen LogP contribution in [0.3, 0.4) is 0 Å². The Morgan fingerprint density at radius 1 is 1.14 bits per heavy atom. The van der Waals surface area contributed by atoms with Crippen LogP contribution in [0.2, 0.25) is 0 Å². The first kappa shape index (κ1) is 19.2. The second kappa shape index (κ2) is 8.48. The SMILES string of the molecule is O=C(NC[C@@H]1CCCO1)C(=O)Nc1ccc2c(c1)CCCN2C(=O)c1ccco1. The monoisotopic (exact) mass is 397 g/mol. The van der Waals surface area contributed by atoms with Crippen LogP contribution >= 0.6 is 0 Å². The number of nitrogens with one attached hydrogen (secondary N) is 2. The smallest absolute Gasteiger partial charge is 0.313 e. The van der Waals surface area contributed by atoms with Crippen molar-refractivity contribution < 1.29 is 23.5 Å². The van der Waals surface area contributed by atoms with Gasteiger partial charge in [0.25, 0.3) is 5.91 Å². The molecule has 0 saturated carbocycles. The lowest BCUT2D eigenvalue weighted by molar-refractivity contribution is -0.136. The number of furan rings is 1. The number of rotatable bonds is 4. The molecule has 8 heteroatoms. The van der Waals surface area contributed by atoms with Gasteiger partial charge in [0.1, 0.15) is 0 Å². The topological polar surface area (TPSA) is 101 Å². The van der Waals surface area contributed by atoms with Crippen molar-refractivity contribution in [2.45, 2.75) is 31.8 Å². The van der Waals surface area contributed by atoms with Gasteiger partial charge >= 0.3 is 11.8 Å². The largest absolute Gasteiger partial charge is 0.459 e. The quantitative estimate of drug-likeness (QED) is 0.770. The summed E-state index contributed by atoms with van der Waals surface area (Å²) in [6.45, 7) is 1.63. The van der Waals surface area contributed by atoms with Crippen molar-refractivity contribution in [1.29, 1.82) is 0 Å². The summed E-state index contributed by atoms with van der Waals surface area (Å²) in [5, 5.41) is 5.23. The van der Waals surface area contributed by atoms with E-state index in [0.717, 1.165) is 36.9 Å². The Balaban J connectivity index is 1.40. The molecule has 1 aromatic carbocycles. The molecule has 0 bridgehead atoms. The molecule has 8 nitrogen and oxygen atoms in total. The third kappa shape index (κ3) is 4.32. The van der Waals surface area contributed by atoms with Gasteiger partial charge in [-0.3, -0.25) is 14.4 Å². The van der Waals surface area contributed by atoms with E-state index in [9.17, 15) is 14.4 Å². The minimum absolute atomic E-state index is 0.0202. The van der Waals surface area contributed by atoms with Crippen molar-refractivity contribution in [1.82, 2.24) is 5.32 Å². The average molecular weight is 397 g/mol. The van der Waals surface area contributed by atoms with Gasteiger partial charge in [-0.05, 0) is 61.6 Å². The molecule has 2 N–H and O–H groups in total. The molecule has 4 rings (SSSR count). The third-order valence-corrected chi connectivity index (χ3v) is 5.15. The molecule has 2 aliphatic heterocycles. The van der Waals surface area contributed by atoms with Crippen molar-refractivity contribution in [2.24, 2.45) is 0 Å². The number of hydrogen-bond acceptors (Lipinski definition) is 5. The van der Waals surface area contributed by atoms with Crippen molar-refractivity contribution in [3.8, 4) is 0 Å². The fourth-order valence-corrected chi connectivity index (χ4v) is 3.70. The van der Waals surface area contributed by atoms with Crippen LogP contribution in [0.15, 0.2) is 41.0 Å². The Kier molecular flexibility index (Phi) is 5.62. The molecule has 152 valence electrons. The zero-order chi connectivity index (χ0) is 20.2. The maximum Gasteiger partial charge on any atom is 0.313 e. The van der Waals surface area contributed by atoms with Crippen molar-refractivity contribution >= 4 is 29.1 Å². The maximum atomic E-state index is 12.7. The number of benzene rings is 1. The first-order chi connectivity index (χ1) is 14.1. The molecule has 1 fully saturated rings. The van der Waals surface area contributed by atoms with Gasteiger partial charge in [-0.15, -0.1) is 0 Å². The van der Waals surface area contributed by atoms with Gasteiger partial charge in [0.05, 0.1) is 12.4 Å². The molecule has 1 atom stereocenters. The summed E-state index contributed by atoms with van der Waals surface area (Å²) in [5.74, 6) is -1.31. The molecule has 3 heterocycles. The molecule has 0 spiro atoms. The number of nitrogens with zero attached hydrogens (tertiary/aromatic N) is 1. The van der Waals surface area contributed by atoms with Gasteiger partial charge in [-0.25, -0.2) is 0 Å². The van der Waals surface area contributed by atoms with E-state index in [1.54, 1.807) is 29.2 Å². The number of anilines is 2. The van der Waals surface area contributed by atoms with Gasteiger partial charge < -0.3 is 24.7 Å². The number of carbonyl (C=O) groups excluding carboxylic acids is 3. The van der Waals surface area contributed by atoms with Gasteiger partial charge in [-0.1, -0.05) is 0 Å². The van der Waals surface area contributed by atoms with Crippen LogP contribution < -0.4 is 15.5 Å². The van der Waals surface area contributed by atoms with Gasteiger partial charge in [0, 0.05) is 31.1 Å². The van der Waals surface area contributed by atoms with Crippen LogP contribution in [0.5, 0.6) is 0 Å². The summed E-state index contributed by atoms with van der Waals surface area (Å²) >= 11 is 0. The highest BCUT2D eigenvalue weighted by Gasteiger charge is 2.26. The zero-order valence-electron chi connectivity index (χ0n) is 16.0. The molecule has 1 aromatic heterocycles. The number of amides is 3. The van der Waals surface area contributed by atoms with E-state index in [1.807, 2.05) is 6.07 Å². The van der Waals surface area contributed by atoms with E-state index in [0.29, 0.717) is 25.4 Å². The van der Waals surface area contributed by atoms with Crippen LogP contribution in [0.1, 0.15) is 35.4 Å². The first-order valence-electron chi connectivity index (χ1n) is 9.81. The Hall–Kier alpha value is -3.13. The first-order valence-corrected chi connectivity index (χ1v) is 9.81. The molecule has 0 unspecified atom stereocenters. The second-order valence-electron chi connectivity index (χ2n) is 7.18. The molecule has 29 heavy (non-hydrogen) atoms. The van der Waals surface area contributed by atoms with Crippen molar-refractivity contribution in [2.75, 3.05) is 29.9 Å². The molecule has 2 aliphatic rings. The number of hydrogen-bond donors (Lipinski definition) is 2. The summed E-state index contributed by atoms with van der Waals surface area (Å²) in [6, 6.07) is 8.61. The van der Waals surface area contributed by atoms with Crippen LogP contribution in [-0.2, 0) is 20.7 Å². The molecular formula is C21H23N3O5. The van der Waals surface area contributed by atoms with E-state index in [2.05, 4.69) is 10.6 Å². The zero-order valence-corrected chi connectivity index (χ0v) is 16.0. The highest BCUT2D eigenvalue weighted by Crippen LogP contribution is 2.31. The second-order valence-corrected chi connectivity index (χ2v) is 7.18. The maximum absolute atomic E-state index is 12.7. The summed E-state index contributed by atoms with van der Waals surface area (Å²) in [7, 11) is 0. The Bertz CT molecular complexity index is 903. The molecule has 2 aromatic rings. The highest BCUT2D eigenvalue weighted by atomic mass is 16.5. The number of aryl methyl sites for hydroxylation is 1. The molecular weight excluding hydrogens is 374 g/mol. The van der Waals surface area contributed by atoms with Crippen molar-refractivity contribution in [3.63, 3.8) is 0 Å². The minimum Gasteiger partial charge on any atom is -0.459 e. The molecule has 0 radical (unpaired) electrons. The summed E-state index contributed by atoms with van der Waals surface area (Å²) in [6.07, 6.45) is 4.90. The third-order valence-electron chi connectivity index (χ3n) is 5.15. The van der Waals surface area contributed by atoms with Gasteiger partial charge in [0.2, 0.25) is 0 Å². The van der Waals surface area contributed by atoms with E-state index in [-0.39, 0.29) is 17.8 Å². The van der Waals surface area contributed by atoms with Crippen molar-refractivity contribution in [3.05, 3.63) is 47.9 Å². The summed E-state index contributed by atoms with van der Waals surface area (Å²) in [5.41, 5.74) is 2.25. The number of fused-ring (bicyclic) bond motifs is 1. The molecule has 3 amide bonds. The summed E-state index contributed by atoms with van der Waals surface area (Å²) < 4.78 is 10.7. The van der Waals surface area contributed by atoms with E-state index in [4.69, 9.17) is 9.15 Å². The van der Waals surface area contributed by atoms with Crippen LogP contribution in [0.25, 0.3) is 0 Å². The lowest BCUT2D eigenvalue weighted by Gasteiger charge is -2.29. The predicted molar refractivity (Wildman–Crippen MR) is 106 cm³/mol. The number of ether oxygens (including phenoxy) is 1. The average Bonchev–Trinajstić information content (AvgIpc) is 3.45. The van der Waals surface area contributed by atoms with Crippen LogP contribution in [-0.4, -0.2) is 43.5 Å². The lowest BCUT2D eigenvalue weighted by atomic mass is 10.0. The molecule has 1 saturated heterocycles. The Morgan fingerprint density at radius 3 is 2.79 bits per heavy atom. The fourth-order valence-electron chi connectivity index (χ4n) is 3.70. The van der Waals surface area contributed by atoms with Crippen LogP contribution in [0, 0.1) is 0 Å². The normalized spacial score (nSPS) is 18.2.